The maximum Gasteiger partial charge on any atom is 0.267 e. The van der Waals surface area contributed by atoms with Crippen LogP contribution in [0.15, 0.2) is 52.0 Å². The predicted molar refractivity (Wildman–Crippen MR) is 93.3 cm³/mol. The first kappa shape index (κ1) is 15.7. The van der Waals surface area contributed by atoms with E-state index in [1.807, 2.05) is 52.5 Å². The molecule has 2 heterocycles. The summed E-state index contributed by atoms with van der Waals surface area (Å²) in [7, 11) is 0. The van der Waals surface area contributed by atoms with E-state index in [-0.39, 0.29) is 11.5 Å². The van der Waals surface area contributed by atoms with Crippen LogP contribution in [-0.4, -0.2) is 23.9 Å². The number of nitriles is 1. The van der Waals surface area contributed by atoms with Crippen LogP contribution < -0.4 is 4.90 Å². The lowest BCUT2D eigenvalue weighted by Gasteiger charge is -2.28. The number of allylic oxidation sites excluding steroid dienone is 1. The quantitative estimate of drug-likeness (QED) is 0.612. The van der Waals surface area contributed by atoms with Gasteiger partial charge in [0.05, 0.1) is 0 Å². The number of nitrogens with zero attached hydrogens (tertiary/aromatic N) is 3. The van der Waals surface area contributed by atoms with E-state index in [0.717, 1.165) is 43.7 Å². The SMILES string of the molecule is CC1=CSC(=C(C#N)C(=O)N2CCCCC2)N1c1ccccc1. The summed E-state index contributed by atoms with van der Waals surface area (Å²) in [6.07, 6.45) is 3.20. The molecule has 2 aliphatic rings. The van der Waals surface area contributed by atoms with Crippen molar-refractivity contribution in [3.05, 3.63) is 52.0 Å². The molecule has 1 saturated heterocycles. The lowest BCUT2D eigenvalue weighted by atomic mass is 10.1. The Balaban J connectivity index is 1.96. The van der Waals surface area contributed by atoms with Crippen molar-refractivity contribution in [2.24, 2.45) is 0 Å². The molecule has 0 aliphatic carbocycles. The smallest absolute Gasteiger partial charge is 0.267 e. The molecule has 1 aromatic carbocycles. The van der Waals surface area contributed by atoms with E-state index in [9.17, 15) is 10.1 Å². The Morgan fingerprint density at radius 1 is 1.17 bits per heavy atom. The second kappa shape index (κ2) is 6.93. The molecule has 0 atom stereocenters. The number of piperidine rings is 1. The molecule has 0 spiro atoms. The molecule has 118 valence electrons. The molecule has 0 aromatic heterocycles. The standard InChI is InChI=1S/C18H19N3OS/c1-14-13-23-18(21(14)15-8-4-2-5-9-15)16(12-19)17(22)20-10-6-3-7-11-20/h2,4-5,8-9,13H,3,6-7,10-11H2,1H3. The number of hydrogen-bond acceptors (Lipinski definition) is 4. The summed E-state index contributed by atoms with van der Waals surface area (Å²) in [5.74, 6) is -0.140. The molecule has 0 unspecified atom stereocenters. The third kappa shape index (κ3) is 3.13. The van der Waals surface area contributed by atoms with Crippen molar-refractivity contribution in [1.82, 2.24) is 4.90 Å². The maximum atomic E-state index is 12.8. The van der Waals surface area contributed by atoms with E-state index in [4.69, 9.17) is 0 Å². The molecule has 2 aliphatic heterocycles. The Hall–Kier alpha value is -2.19. The van der Waals surface area contributed by atoms with Crippen LogP contribution in [0.1, 0.15) is 26.2 Å². The fourth-order valence-electron chi connectivity index (χ4n) is 2.92. The maximum absolute atomic E-state index is 12.8. The van der Waals surface area contributed by atoms with E-state index in [2.05, 4.69) is 6.07 Å². The monoisotopic (exact) mass is 325 g/mol. The zero-order valence-electron chi connectivity index (χ0n) is 13.2. The number of likely N-dealkylation sites (tertiary alicyclic amines) is 1. The normalized spacial score (nSPS) is 20.1. The van der Waals surface area contributed by atoms with Gasteiger partial charge in [-0.15, -0.1) is 0 Å². The van der Waals surface area contributed by atoms with E-state index >= 15 is 0 Å². The highest BCUT2D eigenvalue weighted by Gasteiger charge is 2.29. The molecule has 1 aromatic rings. The van der Waals surface area contributed by atoms with Crippen LogP contribution in [0.2, 0.25) is 0 Å². The first-order chi connectivity index (χ1) is 11.2. The number of amides is 1. The van der Waals surface area contributed by atoms with Gasteiger partial charge >= 0.3 is 0 Å². The average molecular weight is 325 g/mol. The van der Waals surface area contributed by atoms with Crippen molar-refractivity contribution in [2.75, 3.05) is 18.0 Å². The van der Waals surface area contributed by atoms with Gasteiger partial charge in [-0.1, -0.05) is 30.0 Å². The number of thioether (sulfide) groups is 1. The number of para-hydroxylation sites is 1. The van der Waals surface area contributed by atoms with Crippen LogP contribution in [0.25, 0.3) is 0 Å². The molecule has 1 fully saturated rings. The number of anilines is 1. The highest BCUT2D eigenvalue weighted by molar-refractivity contribution is 8.06. The zero-order chi connectivity index (χ0) is 16.2. The highest BCUT2D eigenvalue weighted by atomic mass is 32.2. The van der Waals surface area contributed by atoms with Crippen molar-refractivity contribution < 1.29 is 4.79 Å². The van der Waals surface area contributed by atoms with E-state index in [1.54, 1.807) is 0 Å². The molecule has 3 rings (SSSR count). The molecule has 1 amide bonds. The second-order valence-electron chi connectivity index (χ2n) is 5.69. The van der Waals surface area contributed by atoms with Gasteiger partial charge in [-0.25, -0.2) is 0 Å². The van der Waals surface area contributed by atoms with Gasteiger partial charge in [-0.2, -0.15) is 5.26 Å². The summed E-state index contributed by atoms with van der Waals surface area (Å²) in [6, 6.07) is 12.0. The van der Waals surface area contributed by atoms with Crippen molar-refractivity contribution in [1.29, 1.82) is 5.26 Å². The van der Waals surface area contributed by atoms with E-state index in [0.29, 0.717) is 5.03 Å². The van der Waals surface area contributed by atoms with Crippen LogP contribution in [0, 0.1) is 11.3 Å². The minimum absolute atomic E-state index is 0.140. The number of hydrogen-bond donors (Lipinski definition) is 0. The van der Waals surface area contributed by atoms with Gasteiger partial charge in [-0.05, 0) is 43.7 Å². The van der Waals surface area contributed by atoms with Crippen LogP contribution in [0.3, 0.4) is 0 Å². The van der Waals surface area contributed by atoms with E-state index < -0.39 is 0 Å². The van der Waals surface area contributed by atoms with Crippen LogP contribution in [0.5, 0.6) is 0 Å². The molecule has 4 nitrogen and oxygen atoms in total. The lowest BCUT2D eigenvalue weighted by Crippen LogP contribution is -2.37. The minimum Gasteiger partial charge on any atom is -0.338 e. The van der Waals surface area contributed by atoms with Crippen molar-refractivity contribution in [2.45, 2.75) is 26.2 Å². The highest BCUT2D eigenvalue weighted by Crippen LogP contribution is 2.40. The molecule has 0 bridgehead atoms. The summed E-state index contributed by atoms with van der Waals surface area (Å²) in [5, 5.41) is 12.3. The Bertz CT molecular complexity index is 697. The number of carbonyl (C=O) groups excluding carboxylic acids is 1. The Morgan fingerprint density at radius 3 is 2.52 bits per heavy atom. The molecule has 0 radical (unpaired) electrons. The summed E-state index contributed by atoms with van der Waals surface area (Å²) < 4.78 is 0. The van der Waals surface area contributed by atoms with E-state index in [1.165, 1.54) is 11.8 Å². The van der Waals surface area contributed by atoms with Gasteiger partial charge in [-0.3, -0.25) is 4.79 Å². The molecule has 23 heavy (non-hydrogen) atoms. The van der Waals surface area contributed by atoms with Crippen LogP contribution in [-0.2, 0) is 4.79 Å². The summed E-state index contributed by atoms with van der Waals surface area (Å²) in [5.41, 5.74) is 2.24. The van der Waals surface area contributed by atoms with Crippen LogP contribution >= 0.6 is 11.8 Å². The summed E-state index contributed by atoms with van der Waals surface area (Å²) >= 11 is 1.45. The Morgan fingerprint density at radius 2 is 1.87 bits per heavy atom. The second-order valence-corrected chi connectivity index (χ2v) is 6.55. The third-order valence-electron chi connectivity index (χ3n) is 4.09. The largest absolute Gasteiger partial charge is 0.338 e. The Kier molecular flexibility index (Phi) is 4.73. The van der Waals surface area contributed by atoms with Gasteiger partial charge in [0, 0.05) is 24.5 Å². The first-order valence-electron chi connectivity index (χ1n) is 7.84. The van der Waals surface area contributed by atoms with Gasteiger partial charge in [0.25, 0.3) is 5.91 Å². The molecule has 0 N–H and O–H groups in total. The number of carbonyl (C=O) groups is 1. The van der Waals surface area contributed by atoms with Gasteiger partial charge in [0.2, 0.25) is 0 Å². The summed E-state index contributed by atoms with van der Waals surface area (Å²) in [6.45, 7) is 3.49. The third-order valence-corrected chi connectivity index (χ3v) is 5.16. The topological polar surface area (TPSA) is 47.3 Å². The molecule has 0 saturated carbocycles. The van der Waals surface area contributed by atoms with Crippen molar-refractivity contribution in [3.8, 4) is 6.07 Å². The predicted octanol–water partition coefficient (Wildman–Crippen LogP) is 3.85. The van der Waals surface area contributed by atoms with Gasteiger partial charge in [0.15, 0.2) is 0 Å². The zero-order valence-corrected chi connectivity index (χ0v) is 14.0. The number of rotatable bonds is 2. The first-order valence-corrected chi connectivity index (χ1v) is 8.72. The van der Waals surface area contributed by atoms with Crippen molar-refractivity contribution in [3.63, 3.8) is 0 Å². The molecular weight excluding hydrogens is 306 g/mol. The molecular formula is C18H19N3OS. The summed E-state index contributed by atoms with van der Waals surface area (Å²) in [4.78, 5) is 16.6. The number of benzene rings is 1. The van der Waals surface area contributed by atoms with Crippen molar-refractivity contribution >= 4 is 23.4 Å². The minimum atomic E-state index is -0.140. The van der Waals surface area contributed by atoms with Gasteiger partial charge in [0.1, 0.15) is 16.7 Å². The fourth-order valence-corrected chi connectivity index (χ4v) is 3.91. The lowest BCUT2D eigenvalue weighted by molar-refractivity contribution is -0.127. The Labute approximate surface area is 141 Å². The molecule has 5 heteroatoms. The fraction of sp³-hybridized carbons (Fsp3) is 0.333. The van der Waals surface area contributed by atoms with Gasteiger partial charge < -0.3 is 9.80 Å². The average Bonchev–Trinajstić information content (AvgIpc) is 2.98. The van der Waals surface area contributed by atoms with Crippen LogP contribution in [0.4, 0.5) is 5.69 Å².